The van der Waals surface area contributed by atoms with E-state index in [1.54, 1.807) is 0 Å². The normalized spacial score (nSPS) is 19.1. The Morgan fingerprint density at radius 1 is 1.11 bits per heavy atom. The number of piperidine rings is 1. The first-order valence-electron chi connectivity index (χ1n) is 6.76. The molecule has 3 rings (SSSR count). The van der Waals surface area contributed by atoms with E-state index in [0.29, 0.717) is 6.04 Å². The summed E-state index contributed by atoms with van der Waals surface area (Å²) in [7, 11) is 0. The number of nitrogens with one attached hydrogen (secondary N) is 2. The third kappa shape index (κ3) is 3.09. The number of benzene rings is 1. The minimum absolute atomic E-state index is 0.486. The summed E-state index contributed by atoms with van der Waals surface area (Å²) in [5.74, 6) is 0.771. The number of hydrogen-bond acceptors (Lipinski definition) is 4. The van der Waals surface area contributed by atoms with Crippen LogP contribution in [0.3, 0.4) is 0 Å². The van der Waals surface area contributed by atoms with Gasteiger partial charge in [-0.3, -0.25) is 0 Å². The van der Waals surface area contributed by atoms with E-state index in [0.717, 1.165) is 30.2 Å². The Morgan fingerprint density at radius 2 is 1.89 bits per heavy atom. The number of rotatable bonds is 3. The summed E-state index contributed by atoms with van der Waals surface area (Å²) < 4.78 is 0. The predicted molar refractivity (Wildman–Crippen MR) is 77.0 cm³/mol. The second kappa shape index (κ2) is 5.80. The molecule has 1 unspecified atom stereocenters. The van der Waals surface area contributed by atoms with Crippen molar-refractivity contribution in [1.82, 2.24) is 15.3 Å². The first kappa shape index (κ1) is 12.1. The molecule has 0 saturated carbocycles. The molecule has 1 aliphatic rings. The zero-order valence-corrected chi connectivity index (χ0v) is 10.8. The van der Waals surface area contributed by atoms with Crippen LogP contribution in [0.2, 0.25) is 0 Å². The van der Waals surface area contributed by atoms with E-state index >= 15 is 0 Å². The van der Waals surface area contributed by atoms with Gasteiger partial charge in [0.1, 0.15) is 0 Å². The zero-order chi connectivity index (χ0) is 12.9. The van der Waals surface area contributed by atoms with Gasteiger partial charge in [-0.05, 0) is 19.4 Å². The first-order valence-corrected chi connectivity index (χ1v) is 6.76. The number of hydrogen-bond donors (Lipinski definition) is 2. The van der Waals surface area contributed by atoms with Gasteiger partial charge in [0.15, 0.2) is 5.82 Å². The Hall–Kier alpha value is -1.94. The largest absolute Gasteiger partial charge is 0.379 e. The van der Waals surface area contributed by atoms with Crippen molar-refractivity contribution in [2.75, 3.05) is 18.4 Å². The average Bonchev–Trinajstić information content (AvgIpc) is 2.50. The fourth-order valence-corrected chi connectivity index (χ4v) is 2.35. The van der Waals surface area contributed by atoms with E-state index < -0.39 is 0 Å². The summed E-state index contributed by atoms with van der Waals surface area (Å²) in [5, 5.41) is 6.86. The molecule has 4 nitrogen and oxygen atoms in total. The molecule has 2 aromatic rings. The highest BCUT2D eigenvalue weighted by Gasteiger charge is 2.12. The van der Waals surface area contributed by atoms with Crippen LogP contribution in [0.4, 0.5) is 5.69 Å². The van der Waals surface area contributed by atoms with E-state index in [1.165, 1.54) is 12.8 Å². The maximum absolute atomic E-state index is 4.42. The standard InChI is InChI=1S/C15H18N4/c1-2-5-12(6-3-1)15-17-10-14(11-18-15)19-13-7-4-8-16-9-13/h1-3,5-6,10-11,13,16,19H,4,7-9H2. The molecular formula is C15H18N4. The van der Waals surface area contributed by atoms with Gasteiger partial charge in [0.2, 0.25) is 0 Å². The Morgan fingerprint density at radius 3 is 2.58 bits per heavy atom. The van der Waals surface area contributed by atoms with E-state index in [1.807, 2.05) is 42.7 Å². The van der Waals surface area contributed by atoms with Crippen molar-refractivity contribution >= 4 is 5.69 Å². The highest BCUT2D eigenvalue weighted by molar-refractivity contribution is 5.55. The van der Waals surface area contributed by atoms with Crippen molar-refractivity contribution in [2.24, 2.45) is 0 Å². The second-order valence-electron chi connectivity index (χ2n) is 4.85. The lowest BCUT2D eigenvalue weighted by molar-refractivity contribution is 0.479. The molecule has 0 radical (unpaired) electrons. The maximum atomic E-state index is 4.42. The topological polar surface area (TPSA) is 49.8 Å². The van der Waals surface area contributed by atoms with Crippen molar-refractivity contribution in [1.29, 1.82) is 0 Å². The molecule has 98 valence electrons. The fourth-order valence-electron chi connectivity index (χ4n) is 2.35. The summed E-state index contributed by atoms with van der Waals surface area (Å²) in [6, 6.07) is 10.5. The molecule has 1 aromatic heterocycles. The molecule has 19 heavy (non-hydrogen) atoms. The lowest BCUT2D eigenvalue weighted by Gasteiger charge is -2.24. The smallest absolute Gasteiger partial charge is 0.159 e. The number of anilines is 1. The van der Waals surface area contributed by atoms with Crippen molar-refractivity contribution in [3.05, 3.63) is 42.7 Å². The summed E-state index contributed by atoms with van der Waals surface area (Å²) in [4.78, 5) is 8.84. The van der Waals surface area contributed by atoms with E-state index in [9.17, 15) is 0 Å². The lowest BCUT2D eigenvalue weighted by Crippen LogP contribution is -2.38. The average molecular weight is 254 g/mol. The van der Waals surface area contributed by atoms with Gasteiger partial charge in [-0.2, -0.15) is 0 Å². The molecule has 0 aliphatic carbocycles. The third-order valence-electron chi connectivity index (χ3n) is 3.35. The second-order valence-corrected chi connectivity index (χ2v) is 4.85. The first-order chi connectivity index (χ1) is 9.42. The Labute approximate surface area is 113 Å². The van der Waals surface area contributed by atoms with Crippen LogP contribution in [-0.2, 0) is 0 Å². The molecule has 4 heteroatoms. The predicted octanol–water partition coefficient (Wildman–Crippen LogP) is 2.31. The lowest BCUT2D eigenvalue weighted by atomic mass is 10.1. The quantitative estimate of drug-likeness (QED) is 0.882. The molecular weight excluding hydrogens is 236 g/mol. The van der Waals surface area contributed by atoms with Crippen molar-refractivity contribution in [3.63, 3.8) is 0 Å². The minimum Gasteiger partial charge on any atom is -0.379 e. The molecule has 0 spiro atoms. The van der Waals surface area contributed by atoms with Crippen LogP contribution in [0.5, 0.6) is 0 Å². The summed E-state index contributed by atoms with van der Waals surface area (Å²) in [5.41, 5.74) is 2.04. The molecule has 1 aliphatic heterocycles. The van der Waals surface area contributed by atoms with Crippen LogP contribution in [0.25, 0.3) is 11.4 Å². The van der Waals surface area contributed by atoms with Crippen LogP contribution < -0.4 is 10.6 Å². The molecule has 1 saturated heterocycles. The maximum Gasteiger partial charge on any atom is 0.159 e. The molecule has 0 bridgehead atoms. The molecule has 0 amide bonds. The third-order valence-corrected chi connectivity index (χ3v) is 3.35. The molecule has 1 aromatic carbocycles. The van der Waals surface area contributed by atoms with E-state index in [2.05, 4.69) is 20.6 Å². The zero-order valence-electron chi connectivity index (χ0n) is 10.8. The molecule has 1 atom stereocenters. The van der Waals surface area contributed by atoms with Crippen LogP contribution in [0.15, 0.2) is 42.7 Å². The van der Waals surface area contributed by atoms with Crippen LogP contribution in [-0.4, -0.2) is 29.1 Å². The molecule has 2 N–H and O–H groups in total. The fraction of sp³-hybridized carbons (Fsp3) is 0.333. The Bertz CT molecular complexity index is 503. The number of nitrogens with zero attached hydrogens (tertiary/aromatic N) is 2. The van der Waals surface area contributed by atoms with Gasteiger partial charge in [0.25, 0.3) is 0 Å². The Balaban J connectivity index is 1.68. The highest BCUT2D eigenvalue weighted by atomic mass is 15.0. The summed E-state index contributed by atoms with van der Waals surface area (Å²) in [6.07, 6.45) is 6.15. The van der Waals surface area contributed by atoms with Gasteiger partial charge in [-0.25, -0.2) is 9.97 Å². The SMILES string of the molecule is c1ccc(-c2ncc(NC3CCCNC3)cn2)cc1. The van der Waals surface area contributed by atoms with Crippen LogP contribution in [0, 0.1) is 0 Å². The molecule has 1 fully saturated rings. The van der Waals surface area contributed by atoms with Gasteiger partial charge in [-0.1, -0.05) is 30.3 Å². The van der Waals surface area contributed by atoms with E-state index in [4.69, 9.17) is 0 Å². The van der Waals surface area contributed by atoms with Gasteiger partial charge >= 0.3 is 0 Å². The van der Waals surface area contributed by atoms with Gasteiger partial charge < -0.3 is 10.6 Å². The van der Waals surface area contributed by atoms with Gasteiger partial charge in [0.05, 0.1) is 18.1 Å². The van der Waals surface area contributed by atoms with E-state index in [-0.39, 0.29) is 0 Å². The van der Waals surface area contributed by atoms with Crippen molar-refractivity contribution < 1.29 is 0 Å². The van der Waals surface area contributed by atoms with Crippen molar-refractivity contribution in [2.45, 2.75) is 18.9 Å². The number of aromatic nitrogens is 2. The monoisotopic (exact) mass is 254 g/mol. The summed E-state index contributed by atoms with van der Waals surface area (Å²) in [6.45, 7) is 2.14. The van der Waals surface area contributed by atoms with Gasteiger partial charge in [-0.15, -0.1) is 0 Å². The minimum atomic E-state index is 0.486. The van der Waals surface area contributed by atoms with Crippen LogP contribution in [0.1, 0.15) is 12.8 Å². The highest BCUT2D eigenvalue weighted by Crippen LogP contribution is 2.16. The molecule has 2 heterocycles. The van der Waals surface area contributed by atoms with Gasteiger partial charge in [0, 0.05) is 18.2 Å². The Kier molecular flexibility index (Phi) is 3.70. The van der Waals surface area contributed by atoms with Crippen LogP contribution >= 0.6 is 0 Å². The summed E-state index contributed by atoms with van der Waals surface area (Å²) >= 11 is 0. The van der Waals surface area contributed by atoms with Crippen molar-refractivity contribution in [3.8, 4) is 11.4 Å².